The molecule has 0 aliphatic heterocycles. The van der Waals surface area contributed by atoms with Crippen LogP contribution in [0.1, 0.15) is 28.4 Å². The second-order valence-electron chi connectivity index (χ2n) is 8.10. The molecular weight excluding hydrogens is 584 g/mol. The maximum absolute atomic E-state index is 12.8. The topological polar surface area (TPSA) is 103 Å². The third-order valence-corrected chi connectivity index (χ3v) is 7.06. The van der Waals surface area contributed by atoms with Crippen molar-refractivity contribution in [2.45, 2.75) is 18.4 Å². The number of ether oxygens (including phenoxy) is 2. The van der Waals surface area contributed by atoms with Crippen LogP contribution in [0.4, 0.5) is 0 Å². The van der Waals surface area contributed by atoms with Crippen LogP contribution in [0.3, 0.4) is 0 Å². The third-order valence-electron chi connectivity index (χ3n) is 5.32. The summed E-state index contributed by atoms with van der Waals surface area (Å²) in [5.41, 5.74) is 4.09. The van der Waals surface area contributed by atoms with Crippen LogP contribution in [0, 0.1) is 0 Å². The quantitative estimate of drug-likeness (QED) is 0.128. The summed E-state index contributed by atoms with van der Waals surface area (Å²) >= 11 is 3.36. The smallest absolute Gasteiger partial charge is 0.339 e. The lowest BCUT2D eigenvalue weighted by atomic mass is 10.2. The average molecular weight is 609 g/mol. The van der Waals surface area contributed by atoms with Crippen molar-refractivity contribution in [2.24, 2.45) is 5.10 Å². The number of hydrogen-bond donors (Lipinski definition) is 1. The van der Waals surface area contributed by atoms with E-state index >= 15 is 0 Å². The minimum atomic E-state index is -4.06. The first-order chi connectivity index (χ1) is 18.9. The molecule has 0 atom stereocenters. The van der Waals surface area contributed by atoms with Gasteiger partial charge in [0.05, 0.1) is 12.8 Å². The molecule has 8 nitrogen and oxygen atoms in total. The lowest BCUT2D eigenvalue weighted by molar-refractivity contribution is 0.0954. The minimum absolute atomic E-state index is 0.0189. The van der Waals surface area contributed by atoms with Crippen LogP contribution in [-0.2, 0) is 16.7 Å². The van der Waals surface area contributed by atoms with Gasteiger partial charge in [-0.05, 0) is 61.0 Å². The largest absolute Gasteiger partial charge is 0.490 e. The van der Waals surface area contributed by atoms with E-state index in [0.29, 0.717) is 40.3 Å². The Balaban J connectivity index is 1.47. The van der Waals surface area contributed by atoms with Gasteiger partial charge in [0.25, 0.3) is 5.91 Å². The number of benzene rings is 4. The molecule has 0 aliphatic carbocycles. The van der Waals surface area contributed by atoms with Crippen LogP contribution in [-0.4, -0.2) is 27.1 Å². The summed E-state index contributed by atoms with van der Waals surface area (Å²) in [6.45, 7) is 2.59. The fraction of sp³-hybridized carbons (Fsp3) is 0.103. The summed E-state index contributed by atoms with van der Waals surface area (Å²) in [5, 5.41) is 4.00. The lowest BCUT2D eigenvalue weighted by Crippen LogP contribution is -2.18. The molecule has 0 aromatic heterocycles. The van der Waals surface area contributed by atoms with Gasteiger partial charge < -0.3 is 13.7 Å². The molecule has 0 fully saturated rings. The highest BCUT2D eigenvalue weighted by Crippen LogP contribution is 2.29. The van der Waals surface area contributed by atoms with Crippen molar-refractivity contribution in [3.63, 3.8) is 0 Å². The second kappa shape index (κ2) is 13.1. The van der Waals surface area contributed by atoms with Crippen molar-refractivity contribution in [3.05, 3.63) is 118 Å². The Kier molecular flexibility index (Phi) is 9.35. The van der Waals surface area contributed by atoms with E-state index in [9.17, 15) is 13.2 Å². The molecular formula is C29H25BrN2O6S. The van der Waals surface area contributed by atoms with Crippen molar-refractivity contribution in [2.75, 3.05) is 6.61 Å². The molecule has 0 spiro atoms. The van der Waals surface area contributed by atoms with E-state index in [4.69, 9.17) is 13.7 Å². The van der Waals surface area contributed by atoms with Gasteiger partial charge in [0, 0.05) is 15.6 Å². The lowest BCUT2D eigenvalue weighted by Gasteiger charge is -2.13. The second-order valence-corrected chi connectivity index (χ2v) is 10.6. The minimum Gasteiger partial charge on any atom is -0.490 e. The van der Waals surface area contributed by atoms with Gasteiger partial charge in [0.1, 0.15) is 11.5 Å². The maximum Gasteiger partial charge on any atom is 0.339 e. The fourth-order valence-electron chi connectivity index (χ4n) is 3.45. The van der Waals surface area contributed by atoms with Crippen LogP contribution in [0.15, 0.2) is 112 Å². The molecule has 0 saturated carbocycles. The number of rotatable bonds is 11. The third kappa shape index (κ3) is 7.68. The summed E-state index contributed by atoms with van der Waals surface area (Å²) in [7, 11) is -4.06. The van der Waals surface area contributed by atoms with Gasteiger partial charge in [-0.15, -0.1) is 0 Å². The highest BCUT2D eigenvalue weighted by molar-refractivity contribution is 9.10. The molecule has 4 aromatic carbocycles. The predicted octanol–water partition coefficient (Wildman–Crippen LogP) is 5.96. The number of amides is 1. The molecule has 1 N–H and O–H groups in total. The van der Waals surface area contributed by atoms with E-state index in [2.05, 4.69) is 26.5 Å². The van der Waals surface area contributed by atoms with Crippen LogP contribution in [0.25, 0.3) is 0 Å². The van der Waals surface area contributed by atoms with E-state index in [-0.39, 0.29) is 10.6 Å². The predicted molar refractivity (Wildman–Crippen MR) is 152 cm³/mol. The maximum atomic E-state index is 12.8. The molecule has 39 heavy (non-hydrogen) atoms. The van der Waals surface area contributed by atoms with Gasteiger partial charge >= 0.3 is 10.1 Å². The number of nitrogens with one attached hydrogen (secondary N) is 1. The summed E-state index contributed by atoms with van der Waals surface area (Å²) in [6.07, 6.45) is 1.30. The van der Waals surface area contributed by atoms with Crippen LogP contribution >= 0.6 is 15.9 Å². The number of halogens is 1. The normalized spacial score (nSPS) is 11.2. The average Bonchev–Trinajstić information content (AvgIpc) is 2.95. The summed E-state index contributed by atoms with van der Waals surface area (Å²) in [4.78, 5) is 12.8. The van der Waals surface area contributed by atoms with Crippen molar-refractivity contribution >= 4 is 38.2 Å². The van der Waals surface area contributed by atoms with Gasteiger partial charge in [-0.1, -0.05) is 64.5 Å². The summed E-state index contributed by atoms with van der Waals surface area (Å²) in [5.74, 6) is 0.505. The van der Waals surface area contributed by atoms with Crippen molar-refractivity contribution in [1.82, 2.24) is 5.43 Å². The first-order valence-corrected chi connectivity index (χ1v) is 14.1. The number of carbonyl (C=O) groups excluding carboxylic acids is 1. The van der Waals surface area contributed by atoms with Crippen LogP contribution in [0.5, 0.6) is 17.2 Å². The molecule has 200 valence electrons. The van der Waals surface area contributed by atoms with Gasteiger partial charge in [-0.3, -0.25) is 4.79 Å². The molecule has 0 saturated heterocycles. The Bertz CT molecular complexity index is 1560. The summed E-state index contributed by atoms with van der Waals surface area (Å²) in [6, 6.07) is 27.1. The molecule has 0 radical (unpaired) electrons. The van der Waals surface area contributed by atoms with Gasteiger partial charge in [0.2, 0.25) is 0 Å². The van der Waals surface area contributed by atoms with Crippen molar-refractivity contribution < 1.29 is 26.9 Å². The molecule has 0 aliphatic rings. The van der Waals surface area contributed by atoms with E-state index < -0.39 is 16.0 Å². The number of hydrazone groups is 1. The molecule has 0 unspecified atom stereocenters. The highest BCUT2D eigenvalue weighted by atomic mass is 79.9. The zero-order valence-corrected chi connectivity index (χ0v) is 23.3. The van der Waals surface area contributed by atoms with E-state index in [1.165, 1.54) is 24.4 Å². The van der Waals surface area contributed by atoms with E-state index in [1.807, 2.05) is 37.3 Å². The van der Waals surface area contributed by atoms with Gasteiger partial charge in [-0.25, -0.2) is 5.43 Å². The molecule has 1 amide bonds. The summed E-state index contributed by atoms with van der Waals surface area (Å²) < 4.78 is 42.9. The molecule has 10 heteroatoms. The Morgan fingerprint density at radius 1 is 0.872 bits per heavy atom. The monoisotopic (exact) mass is 608 g/mol. The SMILES string of the molecule is CCOc1cc(C(=O)N/N=C/c2cc(Br)ccc2OS(=O)(=O)c2ccccc2)ccc1OCc1ccccc1. The van der Waals surface area contributed by atoms with Gasteiger partial charge in [-0.2, -0.15) is 13.5 Å². The van der Waals surface area contributed by atoms with E-state index in [0.717, 1.165) is 5.56 Å². The molecule has 0 bridgehead atoms. The Morgan fingerprint density at radius 3 is 2.28 bits per heavy atom. The first-order valence-electron chi connectivity index (χ1n) is 11.9. The van der Waals surface area contributed by atoms with Crippen LogP contribution < -0.4 is 19.1 Å². The van der Waals surface area contributed by atoms with E-state index in [1.54, 1.807) is 48.5 Å². The molecule has 4 aromatic rings. The molecule has 4 rings (SSSR count). The Hall–Kier alpha value is -4.15. The molecule has 0 heterocycles. The first kappa shape index (κ1) is 27.9. The highest BCUT2D eigenvalue weighted by Gasteiger charge is 2.18. The van der Waals surface area contributed by atoms with Gasteiger partial charge in [0.15, 0.2) is 17.2 Å². The zero-order chi connectivity index (χ0) is 27.7. The zero-order valence-electron chi connectivity index (χ0n) is 20.9. The number of hydrogen-bond acceptors (Lipinski definition) is 7. The van der Waals surface area contributed by atoms with Crippen molar-refractivity contribution in [3.8, 4) is 17.2 Å². The number of carbonyl (C=O) groups is 1. The Labute approximate surface area is 235 Å². The van der Waals surface area contributed by atoms with Crippen molar-refractivity contribution in [1.29, 1.82) is 0 Å². The number of nitrogens with zero attached hydrogens (tertiary/aromatic N) is 1. The standard InChI is InChI=1S/C29H25BrN2O6S/c1-2-36-28-18-22(13-15-27(28)37-20-21-9-5-3-6-10-21)29(33)32-31-19-23-17-24(30)14-16-26(23)38-39(34,35)25-11-7-4-8-12-25/h3-19H,2,20H2,1H3,(H,32,33)/b31-19+. The Morgan fingerprint density at radius 2 is 1.56 bits per heavy atom. The fourth-order valence-corrected chi connectivity index (χ4v) is 4.80. The van der Waals surface area contributed by atoms with Crippen LogP contribution in [0.2, 0.25) is 0 Å².